The number of piperazine rings is 1. The molecule has 1 aromatic carbocycles. The third kappa shape index (κ3) is 4.68. The maximum Gasteiger partial charge on any atom is 0.410 e. The zero-order valence-corrected chi connectivity index (χ0v) is 16.6. The Kier molecular flexibility index (Phi) is 5.44. The molecule has 1 saturated heterocycles. The molecule has 26 heavy (non-hydrogen) atoms. The van der Waals surface area contributed by atoms with Crippen LogP contribution in [0, 0.1) is 0 Å². The summed E-state index contributed by atoms with van der Waals surface area (Å²) in [4.78, 5) is 20.7. The van der Waals surface area contributed by atoms with Gasteiger partial charge in [-0.1, -0.05) is 29.2 Å². The summed E-state index contributed by atoms with van der Waals surface area (Å²) in [6, 6.07) is 8.22. The summed E-state index contributed by atoms with van der Waals surface area (Å²) in [5.41, 5.74) is 2.81. The third-order valence-electron chi connectivity index (χ3n) is 4.44. The average molecular weight is 374 g/mol. The zero-order chi connectivity index (χ0) is 18.9. The van der Waals surface area contributed by atoms with Gasteiger partial charge in [-0.25, -0.2) is 9.78 Å². The van der Waals surface area contributed by atoms with Gasteiger partial charge in [0.25, 0.3) is 0 Å². The molecule has 1 fully saturated rings. The molecule has 138 valence electrons. The summed E-state index contributed by atoms with van der Waals surface area (Å²) >= 11 is 6.22. The Hall–Kier alpha value is -1.79. The van der Waals surface area contributed by atoms with Gasteiger partial charge in [-0.05, 0) is 38.5 Å². The van der Waals surface area contributed by atoms with Gasteiger partial charge < -0.3 is 9.64 Å². The predicted octanol–water partition coefficient (Wildman–Crippen LogP) is 2.20. The Bertz CT molecular complexity index is 809. The Morgan fingerprint density at radius 1 is 1.23 bits per heavy atom. The second-order valence-corrected chi connectivity index (χ2v) is 8.26. The van der Waals surface area contributed by atoms with E-state index < -0.39 is 5.60 Å². The highest BCUT2D eigenvalue weighted by atomic mass is 35.5. The fraction of sp³-hybridized carbons (Fsp3) is 0.474. The van der Waals surface area contributed by atoms with Crippen molar-refractivity contribution in [3.63, 3.8) is 0 Å². The molecule has 1 amide bonds. The van der Waals surface area contributed by atoms with Gasteiger partial charge in [-0.3, -0.25) is 4.90 Å². The maximum absolute atomic E-state index is 12.2. The highest BCUT2D eigenvalue weighted by Crippen LogP contribution is 2.22. The molecule has 0 atom stereocenters. The van der Waals surface area contributed by atoms with E-state index in [2.05, 4.69) is 35.9 Å². The van der Waals surface area contributed by atoms with Crippen LogP contribution in [0.5, 0.6) is 0 Å². The number of aromatic nitrogens is 1. The van der Waals surface area contributed by atoms with Gasteiger partial charge in [0.1, 0.15) is 18.6 Å². The lowest BCUT2D eigenvalue weighted by molar-refractivity contribution is 0.0139. The van der Waals surface area contributed by atoms with E-state index in [-0.39, 0.29) is 6.09 Å². The monoisotopic (exact) mass is 373 g/mol. The van der Waals surface area contributed by atoms with Crippen molar-refractivity contribution in [2.45, 2.75) is 32.9 Å². The lowest BCUT2D eigenvalue weighted by atomic mass is 9.94. The number of carbonyl (C=O) groups excluding carboxylic acids is 1. The Morgan fingerprint density at radius 2 is 1.92 bits per heavy atom. The van der Waals surface area contributed by atoms with Crippen LogP contribution in [-0.2, 0) is 11.3 Å². The molecule has 0 unspecified atom stereocenters. The second-order valence-electron chi connectivity index (χ2n) is 7.87. The van der Waals surface area contributed by atoms with E-state index in [1.165, 1.54) is 11.0 Å². The van der Waals surface area contributed by atoms with E-state index in [1.54, 1.807) is 4.90 Å². The van der Waals surface area contributed by atoms with Crippen LogP contribution in [0.2, 0.25) is 5.15 Å². The van der Waals surface area contributed by atoms with Gasteiger partial charge in [0, 0.05) is 38.1 Å². The van der Waals surface area contributed by atoms with Crippen molar-refractivity contribution < 1.29 is 9.53 Å². The number of hydrogen-bond acceptors (Lipinski definition) is 4. The molecule has 0 saturated carbocycles. The molecule has 1 aromatic heterocycles. The standard InChI is InChI=1S/C19H25BClN3O2/c1-19(2,3)26-18(25)24-8-6-23(7-9-24)12-13-10-17(21)22-16-11-14(20)4-5-15(13)16/h4-5,10-11H,6-9,12,20H2,1-3H3. The smallest absolute Gasteiger partial charge is 0.410 e. The van der Waals surface area contributed by atoms with Crippen LogP contribution in [-0.4, -0.2) is 60.5 Å². The number of rotatable bonds is 2. The Balaban J connectivity index is 1.67. The minimum atomic E-state index is -0.459. The largest absolute Gasteiger partial charge is 0.444 e. The van der Waals surface area contributed by atoms with Crippen LogP contribution in [0.4, 0.5) is 4.79 Å². The van der Waals surface area contributed by atoms with E-state index in [0.717, 1.165) is 30.5 Å². The quantitative estimate of drug-likeness (QED) is 0.598. The van der Waals surface area contributed by atoms with Gasteiger partial charge in [-0.15, -0.1) is 0 Å². The molecule has 7 heteroatoms. The molecular weight excluding hydrogens is 348 g/mol. The SMILES string of the molecule is Bc1ccc2c(CN3CCN(C(=O)OC(C)(C)C)CC3)cc(Cl)nc2c1. The first-order valence-electron chi connectivity index (χ1n) is 8.97. The summed E-state index contributed by atoms with van der Waals surface area (Å²) in [6.07, 6.45) is -0.231. The third-order valence-corrected chi connectivity index (χ3v) is 4.63. The van der Waals surface area contributed by atoms with Crippen LogP contribution in [0.15, 0.2) is 24.3 Å². The number of hydrogen-bond donors (Lipinski definition) is 0. The first kappa shape index (κ1) is 19.0. The predicted molar refractivity (Wildman–Crippen MR) is 108 cm³/mol. The Morgan fingerprint density at radius 3 is 2.58 bits per heavy atom. The molecule has 2 heterocycles. The highest BCUT2D eigenvalue weighted by Gasteiger charge is 2.26. The lowest BCUT2D eigenvalue weighted by Gasteiger charge is -2.35. The first-order chi connectivity index (χ1) is 12.2. The fourth-order valence-corrected chi connectivity index (χ4v) is 3.38. The summed E-state index contributed by atoms with van der Waals surface area (Å²) in [7, 11) is 2.05. The van der Waals surface area contributed by atoms with Crippen LogP contribution >= 0.6 is 11.6 Å². The highest BCUT2D eigenvalue weighted by molar-refractivity contribution is 6.33. The lowest BCUT2D eigenvalue weighted by Crippen LogP contribution is -2.49. The van der Waals surface area contributed by atoms with Crippen molar-refractivity contribution in [2.24, 2.45) is 0 Å². The molecule has 2 aromatic rings. The number of ether oxygens (including phenoxy) is 1. The first-order valence-corrected chi connectivity index (χ1v) is 9.35. The van der Waals surface area contributed by atoms with Crippen LogP contribution in [0.1, 0.15) is 26.3 Å². The number of fused-ring (bicyclic) bond motifs is 1. The minimum Gasteiger partial charge on any atom is -0.444 e. The number of carbonyl (C=O) groups is 1. The van der Waals surface area contributed by atoms with Crippen molar-refractivity contribution in [3.8, 4) is 0 Å². The molecule has 0 spiro atoms. The van der Waals surface area contributed by atoms with E-state index >= 15 is 0 Å². The van der Waals surface area contributed by atoms with Gasteiger partial charge in [0.05, 0.1) is 5.52 Å². The van der Waals surface area contributed by atoms with Crippen molar-refractivity contribution in [2.75, 3.05) is 26.2 Å². The molecule has 0 radical (unpaired) electrons. The van der Waals surface area contributed by atoms with Crippen molar-refractivity contribution >= 4 is 41.9 Å². The number of amides is 1. The van der Waals surface area contributed by atoms with Gasteiger partial charge in [0.15, 0.2) is 0 Å². The minimum absolute atomic E-state index is 0.231. The van der Waals surface area contributed by atoms with Crippen LogP contribution < -0.4 is 5.46 Å². The van der Waals surface area contributed by atoms with E-state index in [1.807, 2.05) is 26.8 Å². The summed E-state index contributed by atoms with van der Waals surface area (Å²) in [6.45, 7) is 9.43. The second kappa shape index (κ2) is 7.45. The molecule has 0 bridgehead atoms. The van der Waals surface area contributed by atoms with Crippen LogP contribution in [0.3, 0.4) is 0 Å². The molecule has 1 aliphatic rings. The Labute approximate surface area is 160 Å². The number of halogens is 1. The summed E-state index contributed by atoms with van der Waals surface area (Å²) in [5.74, 6) is 0. The van der Waals surface area contributed by atoms with Crippen LogP contribution in [0.25, 0.3) is 10.9 Å². The van der Waals surface area contributed by atoms with E-state index in [4.69, 9.17) is 16.3 Å². The number of nitrogens with zero attached hydrogens (tertiary/aromatic N) is 3. The molecular formula is C19H25BClN3O2. The normalized spacial score (nSPS) is 16.1. The summed E-state index contributed by atoms with van der Waals surface area (Å²) in [5, 5.41) is 1.65. The van der Waals surface area contributed by atoms with E-state index in [9.17, 15) is 4.79 Å². The summed E-state index contributed by atoms with van der Waals surface area (Å²) < 4.78 is 5.46. The molecule has 0 aliphatic carbocycles. The fourth-order valence-electron chi connectivity index (χ4n) is 3.16. The number of benzene rings is 1. The topological polar surface area (TPSA) is 45.7 Å². The van der Waals surface area contributed by atoms with Gasteiger partial charge in [0.2, 0.25) is 0 Å². The molecule has 0 N–H and O–H groups in total. The molecule has 1 aliphatic heterocycles. The van der Waals surface area contributed by atoms with Gasteiger partial charge in [-0.2, -0.15) is 0 Å². The average Bonchev–Trinajstić information content (AvgIpc) is 2.53. The zero-order valence-electron chi connectivity index (χ0n) is 15.9. The maximum atomic E-state index is 12.2. The molecule has 3 rings (SSSR count). The van der Waals surface area contributed by atoms with E-state index in [0.29, 0.717) is 18.2 Å². The van der Waals surface area contributed by atoms with Gasteiger partial charge >= 0.3 is 6.09 Å². The van der Waals surface area contributed by atoms with Crippen molar-refractivity contribution in [1.29, 1.82) is 0 Å². The van der Waals surface area contributed by atoms with Crippen molar-refractivity contribution in [1.82, 2.24) is 14.8 Å². The molecule has 5 nitrogen and oxygen atoms in total. The van der Waals surface area contributed by atoms with Crippen molar-refractivity contribution in [3.05, 3.63) is 35.0 Å². The number of pyridine rings is 1.